The quantitative estimate of drug-likeness (QED) is 0.0149. The number of hydrogen-bond acceptors (Lipinski definition) is 13. The highest BCUT2D eigenvalue weighted by Gasteiger charge is 2.57. The van der Waals surface area contributed by atoms with E-state index in [9.17, 15) is 58.4 Å². The van der Waals surface area contributed by atoms with Crippen molar-refractivity contribution >= 4 is 88.8 Å². The second kappa shape index (κ2) is 22.2. The largest absolute Gasteiger partial charge is 0.505 e. The van der Waals surface area contributed by atoms with Crippen LogP contribution in [0.4, 0.5) is 10.1 Å². The summed E-state index contributed by atoms with van der Waals surface area (Å²) in [5, 5.41) is 43.0. The molecule has 3 fully saturated rings. The number of aliphatic hydroxyl groups is 1. The summed E-state index contributed by atoms with van der Waals surface area (Å²) in [4.78, 5) is 96.5. The number of carboxylic acid groups (broad SMARTS) is 2. The van der Waals surface area contributed by atoms with Gasteiger partial charge in [0.25, 0.3) is 11.8 Å². The van der Waals surface area contributed by atoms with Gasteiger partial charge in [0.2, 0.25) is 24.3 Å². The minimum absolute atomic E-state index is 0.0435. The predicted octanol–water partition coefficient (Wildman–Crippen LogP) is 2.26. The number of allylic oxidation sites excluding steroid dienone is 1. The van der Waals surface area contributed by atoms with Gasteiger partial charge in [-0.1, -0.05) is 18.2 Å². The number of pyridine rings is 1. The second-order valence-corrected chi connectivity index (χ2v) is 19.5. The van der Waals surface area contributed by atoms with E-state index in [1.54, 1.807) is 47.0 Å². The first-order chi connectivity index (χ1) is 33.1. The smallest absolute Gasteiger partial charge is 0.353 e. The molecule has 19 nitrogen and oxygen atoms in total. The number of halogens is 1. The molecule has 1 aromatic heterocycles. The SMILES string of the molecule is C[C@@H](O)[C@H]1C(=O)N2C(C(=O)O)=C(SCCN=CN)C[C@H]12.O=C(C[n+]1ccc(CN2CC/C(=C\C3=C(C(=O)O)N4C(=O)[C@@H](NC(=O)CSc5ccccc5)[C@H]4SC3)C2=O)cc1)Nc1ccc(O)c(F)c1. The van der Waals surface area contributed by atoms with E-state index >= 15 is 0 Å². The molecule has 0 aliphatic carbocycles. The summed E-state index contributed by atoms with van der Waals surface area (Å²) in [5.41, 5.74) is 6.85. The average molecular weight is 1000 g/mol. The molecule has 6 heterocycles. The van der Waals surface area contributed by atoms with Crippen molar-refractivity contribution in [3.63, 3.8) is 0 Å². The molecule has 2 aromatic carbocycles. The van der Waals surface area contributed by atoms with Crippen LogP contribution in [0.5, 0.6) is 5.75 Å². The number of benzene rings is 2. The van der Waals surface area contributed by atoms with Gasteiger partial charge in [-0.15, -0.1) is 35.3 Å². The molecule has 3 aromatic rings. The molecule has 3 saturated heterocycles. The van der Waals surface area contributed by atoms with Crippen LogP contribution in [0.25, 0.3) is 0 Å². The van der Waals surface area contributed by atoms with Crippen LogP contribution in [-0.2, 0) is 46.7 Å². The lowest BCUT2D eigenvalue weighted by Crippen LogP contribution is -2.70. The van der Waals surface area contributed by atoms with Crippen molar-refractivity contribution in [2.75, 3.05) is 35.7 Å². The van der Waals surface area contributed by atoms with E-state index in [-0.39, 0.29) is 58.9 Å². The number of fused-ring (bicyclic) bond motifs is 2. The number of anilines is 1. The van der Waals surface area contributed by atoms with Gasteiger partial charge < -0.3 is 46.6 Å². The molecular weight excluding hydrogens is 956 g/mol. The summed E-state index contributed by atoms with van der Waals surface area (Å²) in [6.45, 7) is 2.73. The van der Waals surface area contributed by atoms with Crippen LogP contribution in [0, 0.1) is 11.7 Å². The number of phenolic OH excluding ortho intramolecular Hbond substituents is 1. The van der Waals surface area contributed by atoms with Crippen LogP contribution >= 0.6 is 35.3 Å². The number of thioether (sulfide) groups is 3. The summed E-state index contributed by atoms with van der Waals surface area (Å²) >= 11 is 4.06. The summed E-state index contributed by atoms with van der Waals surface area (Å²) in [5.74, 6) is -5.01. The number of nitrogens with zero attached hydrogens (tertiary/aromatic N) is 5. The number of likely N-dealkylation sites (tertiary alicyclic amines) is 1. The van der Waals surface area contributed by atoms with Crippen LogP contribution < -0.4 is 20.9 Å². The zero-order valence-electron chi connectivity index (χ0n) is 36.9. The Morgan fingerprint density at radius 2 is 1.71 bits per heavy atom. The number of phenols is 1. The number of aromatic nitrogens is 1. The second-order valence-electron chi connectivity index (χ2n) is 16.2. The van der Waals surface area contributed by atoms with E-state index in [1.807, 2.05) is 30.3 Å². The van der Waals surface area contributed by atoms with Gasteiger partial charge in [-0.3, -0.25) is 33.9 Å². The number of carboxylic acids is 2. The number of rotatable bonds is 17. The molecule has 5 aliphatic heterocycles. The monoisotopic (exact) mass is 1000 g/mol. The van der Waals surface area contributed by atoms with Crippen LogP contribution in [0.15, 0.2) is 116 Å². The minimum Gasteiger partial charge on any atom is -0.505 e. The van der Waals surface area contributed by atoms with Crippen molar-refractivity contribution < 1.29 is 62.9 Å². The highest BCUT2D eigenvalue weighted by molar-refractivity contribution is 8.03. The zero-order chi connectivity index (χ0) is 49.5. The van der Waals surface area contributed by atoms with E-state index in [2.05, 4.69) is 15.6 Å². The van der Waals surface area contributed by atoms with Crippen molar-refractivity contribution in [3.8, 4) is 5.75 Å². The topological polar surface area (TPSA) is 276 Å². The maximum Gasteiger partial charge on any atom is 0.353 e. The van der Waals surface area contributed by atoms with Crippen LogP contribution in [-0.4, -0.2) is 137 Å². The Hall–Kier alpha value is -6.69. The first kappa shape index (κ1) is 50.2. The lowest BCUT2D eigenvalue weighted by molar-refractivity contribution is -0.684. The molecule has 0 radical (unpaired) electrons. The zero-order valence-corrected chi connectivity index (χ0v) is 39.3. The Kier molecular flexibility index (Phi) is 16.1. The normalized spacial score (nSPS) is 21.6. The van der Waals surface area contributed by atoms with Gasteiger partial charge in [0.1, 0.15) is 22.8 Å². The van der Waals surface area contributed by atoms with E-state index in [4.69, 9.17) is 5.73 Å². The number of aliphatic carboxylic acids is 2. The highest BCUT2D eigenvalue weighted by atomic mass is 32.2. The number of nitrogens with one attached hydrogen (secondary N) is 2. The minimum atomic E-state index is -1.28. The number of carbonyl (C=O) groups excluding carboxylic acids is 5. The van der Waals surface area contributed by atoms with Gasteiger partial charge in [0.05, 0.1) is 36.7 Å². The molecule has 69 heavy (non-hydrogen) atoms. The number of β-lactam (4-membered cyclic amide) rings is 2. The number of hydrogen-bond donors (Lipinski definition) is 7. The number of aromatic hydroxyl groups is 1. The number of aliphatic imine (C=N–C) groups is 1. The van der Waals surface area contributed by atoms with E-state index < -0.39 is 58.8 Å². The number of carbonyl (C=O) groups is 7. The van der Waals surface area contributed by atoms with Crippen LogP contribution in [0.3, 0.4) is 0 Å². The first-order valence-corrected chi connectivity index (χ1v) is 24.5. The van der Waals surface area contributed by atoms with Gasteiger partial charge >= 0.3 is 11.9 Å². The Morgan fingerprint density at radius 1 is 0.986 bits per heavy atom. The summed E-state index contributed by atoms with van der Waals surface area (Å²) in [6, 6.07) is 15.4. The molecule has 8 rings (SSSR count). The summed E-state index contributed by atoms with van der Waals surface area (Å²) in [6.07, 6.45) is 6.28. The number of amides is 5. The molecule has 362 valence electrons. The molecule has 5 aliphatic rings. The highest BCUT2D eigenvalue weighted by Crippen LogP contribution is 2.47. The lowest BCUT2D eigenvalue weighted by Gasteiger charge is -2.49. The van der Waals surface area contributed by atoms with E-state index in [0.717, 1.165) is 22.6 Å². The maximum atomic E-state index is 13.5. The molecule has 23 heteroatoms. The van der Waals surface area contributed by atoms with Crippen molar-refractivity contribution in [2.45, 2.75) is 61.3 Å². The molecule has 0 bridgehead atoms. The summed E-state index contributed by atoms with van der Waals surface area (Å²) in [7, 11) is 0. The third-order valence-corrected chi connectivity index (χ3v) is 15.0. The van der Waals surface area contributed by atoms with Crippen molar-refractivity contribution in [1.82, 2.24) is 20.0 Å². The van der Waals surface area contributed by atoms with Gasteiger partial charge in [-0.25, -0.2) is 14.0 Å². The lowest BCUT2D eigenvalue weighted by atomic mass is 9.83. The van der Waals surface area contributed by atoms with Gasteiger partial charge in [0.15, 0.2) is 24.0 Å². The van der Waals surface area contributed by atoms with Crippen molar-refractivity contribution in [1.29, 1.82) is 0 Å². The first-order valence-electron chi connectivity index (χ1n) is 21.5. The van der Waals surface area contributed by atoms with Gasteiger partial charge in [0, 0.05) is 70.3 Å². The third kappa shape index (κ3) is 11.4. The molecule has 5 atom stereocenters. The molecule has 8 N–H and O–H groups in total. The standard InChI is InChI=1S/C34H30FN5O7S2.C12H17N3O4S/c35-25-15-23(6-7-26(25)41)36-27(42)17-38-11-8-20(9-12-38)16-39-13-10-21(31(39)44)14-22-18-49-33-29(32(45)40(33)30(22)34(46)47)37-28(43)19-48-24-4-2-1-3-5-24;1-6(16)9-7-4-8(20-3-2-14-5-13)10(12(18)19)15(7)11(9)17/h1-9,11-12,14-15,29,33H,10,13,16-19H2,(H3-,36,37,41,42,43,46,47);5-7,9,16H,2-4H2,1H3,(H2,13,14)(H,18,19)/p+1/b21-14+;/t29-,33-;6-,7-,9-/m11/s1. The Labute approximate surface area is 407 Å². The number of aliphatic hydroxyl groups excluding tert-OH is 1. The van der Waals surface area contributed by atoms with Crippen molar-refractivity contribution in [3.05, 3.63) is 118 Å². The van der Waals surface area contributed by atoms with Gasteiger partial charge in [-0.2, -0.15) is 4.57 Å². The Morgan fingerprint density at radius 3 is 2.38 bits per heavy atom. The average Bonchev–Trinajstić information content (AvgIpc) is 3.83. The molecule has 0 spiro atoms. The van der Waals surface area contributed by atoms with Gasteiger partial charge in [-0.05, 0) is 54.8 Å². The van der Waals surface area contributed by atoms with Crippen LogP contribution in [0.1, 0.15) is 25.3 Å². The Balaban J connectivity index is 0.000000293. The predicted molar refractivity (Wildman–Crippen MR) is 253 cm³/mol. The summed E-state index contributed by atoms with van der Waals surface area (Å²) < 4.78 is 15.2. The van der Waals surface area contributed by atoms with E-state index in [1.165, 1.54) is 57.5 Å². The Bertz CT molecular complexity index is 2670. The van der Waals surface area contributed by atoms with Crippen LogP contribution in [0.2, 0.25) is 0 Å². The fraction of sp³-hybridized carbons (Fsp3) is 0.326. The molecule has 5 amide bonds. The fourth-order valence-electron chi connectivity index (χ4n) is 8.32. The van der Waals surface area contributed by atoms with Crippen molar-refractivity contribution in [2.24, 2.45) is 16.6 Å². The molecular formula is C46H48FN8O11S3+. The third-order valence-electron chi connectivity index (χ3n) is 11.6. The maximum absolute atomic E-state index is 13.5. The van der Waals surface area contributed by atoms with E-state index in [0.29, 0.717) is 54.3 Å². The fourth-order valence-corrected chi connectivity index (χ4v) is 11.4. The number of nitrogens with two attached hydrogens (primary N) is 1. The molecule has 0 unspecified atom stereocenters. The molecule has 0 saturated carbocycles.